The van der Waals surface area contributed by atoms with Crippen molar-refractivity contribution in [1.29, 1.82) is 0 Å². The first-order valence-electron chi connectivity index (χ1n) is 10.6. The van der Waals surface area contributed by atoms with Gasteiger partial charge in [-0.25, -0.2) is 14.9 Å². The Kier molecular flexibility index (Phi) is 8.78. The second-order valence-corrected chi connectivity index (χ2v) is 8.42. The number of aliphatic imine (C=N–C) groups is 1. The highest BCUT2D eigenvalue weighted by Crippen LogP contribution is 2.28. The maximum atomic E-state index is 14.2. The number of hydrogen-bond donors (Lipinski definition) is 2. The van der Waals surface area contributed by atoms with Gasteiger partial charge in [-0.1, -0.05) is 6.92 Å². The van der Waals surface area contributed by atoms with Crippen LogP contribution in [0.1, 0.15) is 29.4 Å². The number of aromatic nitrogens is 3. The van der Waals surface area contributed by atoms with Crippen molar-refractivity contribution in [3.63, 3.8) is 0 Å². The summed E-state index contributed by atoms with van der Waals surface area (Å²) in [5, 5.41) is 4.51. The fraction of sp³-hybridized carbons (Fsp3) is 0.292. The maximum absolute atomic E-state index is 14.2. The molecule has 0 aliphatic carbocycles. The number of aryl methyl sites for hydroxylation is 2. The Hall–Kier alpha value is -3.24. The van der Waals surface area contributed by atoms with Crippen LogP contribution < -0.4 is 16.0 Å². The van der Waals surface area contributed by atoms with Crippen LogP contribution in [-0.4, -0.2) is 35.1 Å². The van der Waals surface area contributed by atoms with Gasteiger partial charge in [0, 0.05) is 59.9 Å². The van der Waals surface area contributed by atoms with Gasteiger partial charge in [-0.05, 0) is 58.3 Å². The van der Waals surface area contributed by atoms with Crippen LogP contribution in [-0.2, 0) is 31.3 Å². The summed E-state index contributed by atoms with van der Waals surface area (Å²) in [6, 6.07) is 8.24. The molecule has 0 spiro atoms. The summed E-state index contributed by atoms with van der Waals surface area (Å²) in [6.07, 6.45) is 4.71. The maximum Gasteiger partial charge on any atom is 0.192 e. The highest BCUT2D eigenvalue weighted by molar-refractivity contribution is 9.10. The normalized spacial score (nSPS) is 12.2. The summed E-state index contributed by atoms with van der Waals surface area (Å²) >= 11 is 3.38. The molecule has 0 saturated heterocycles. The molecule has 180 valence electrons. The van der Waals surface area contributed by atoms with E-state index in [9.17, 15) is 4.39 Å². The fourth-order valence-electron chi connectivity index (χ4n) is 3.45. The van der Waals surface area contributed by atoms with Crippen molar-refractivity contribution >= 4 is 33.7 Å². The van der Waals surface area contributed by atoms with Crippen molar-refractivity contribution in [3.8, 4) is 5.75 Å². The monoisotopic (exact) mass is 530 g/mol. The van der Waals surface area contributed by atoms with Crippen LogP contribution in [0.5, 0.6) is 5.75 Å². The van der Waals surface area contributed by atoms with Crippen molar-refractivity contribution in [2.75, 3.05) is 19.6 Å². The first-order chi connectivity index (χ1) is 16.4. The first-order valence-corrected chi connectivity index (χ1v) is 11.4. The number of nitrogens with zero attached hydrogens (tertiary/aromatic N) is 4. The van der Waals surface area contributed by atoms with E-state index >= 15 is 0 Å². The van der Waals surface area contributed by atoms with E-state index in [4.69, 9.17) is 15.3 Å². The van der Waals surface area contributed by atoms with Crippen LogP contribution >= 0.6 is 15.9 Å². The van der Waals surface area contributed by atoms with Crippen LogP contribution in [0.4, 0.5) is 10.2 Å². The van der Waals surface area contributed by atoms with E-state index in [1.54, 1.807) is 31.6 Å². The summed E-state index contributed by atoms with van der Waals surface area (Å²) in [7, 11) is 5.07. The number of hydrogen-bond acceptors (Lipinski definition) is 7. The van der Waals surface area contributed by atoms with E-state index in [1.165, 1.54) is 19.2 Å². The molecule has 0 amide bonds. The number of rotatable bonds is 10. The molecule has 2 heterocycles. The van der Waals surface area contributed by atoms with Gasteiger partial charge in [-0.2, -0.15) is 5.10 Å². The van der Waals surface area contributed by atoms with E-state index < -0.39 is 0 Å². The number of allylic oxidation sites excluding steroid dienone is 1. The van der Waals surface area contributed by atoms with Gasteiger partial charge in [0.05, 0.1) is 12.8 Å². The van der Waals surface area contributed by atoms with Crippen LogP contribution in [0.3, 0.4) is 0 Å². The predicted molar refractivity (Wildman–Crippen MR) is 135 cm³/mol. The Labute approximate surface area is 206 Å². The molecular weight excluding hydrogens is 503 g/mol. The third-order valence-electron chi connectivity index (χ3n) is 5.15. The van der Waals surface area contributed by atoms with Crippen molar-refractivity contribution in [1.82, 2.24) is 14.8 Å². The molecule has 0 atom stereocenters. The van der Waals surface area contributed by atoms with E-state index in [0.717, 1.165) is 27.9 Å². The Morgan fingerprint density at radius 1 is 1.32 bits per heavy atom. The van der Waals surface area contributed by atoms with E-state index in [0.29, 0.717) is 34.8 Å². The highest BCUT2D eigenvalue weighted by atomic mass is 79.9. The van der Waals surface area contributed by atoms with Gasteiger partial charge >= 0.3 is 0 Å². The molecule has 0 aliphatic heterocycles. The molecule has 3 rings (SSSR count). The fourth-order valence-corrected chi connectivity index (χ4v) is 3.76. The number of halogens is 2. The van der Waals surface area contributed by atoms with Crippen LogP contribution in [0.25, 0.3) is 5.70 Å². The van der Waals surface area contributed by atoms with Crippen molar-refractivity contribution in [2.45, 2.75) is 26.4 Å². The Morgan fingerprint density at radius 3 is 2.79 bits per heavy atom. The summed E-state index contributed by atoms with van der Waals surface area (Å²) in [6.45, 7) is 2.12. The van der Waals surface area contributed by atoms with Gasteiger partial charge in [-0.15, -0.1) is 0 Å². The molecule has 0 saturated carbocycles. The molecule has 0 radical (unpaired) electrons. The molecule has 3 N–H and O–H groups in total. The number of nitrogens with two attached hydrogens (primary N) is 1. The summed E-state index contributed by atoms with van der Waals surface area (Å²) in [5.41, 5.74) is 13.8. The molecule has 0 aliphatic rings. The van der Waals surface area contributed by atoms with Gasteiger partial charge in [0.1, 0.15) is 12.4 Å². The minimum atomic E-state index is -0.386. The lowest BCUT2D eigenvalue weighted by Gasteiger charge is -2.16. The number of ether oxygens (including phenoxy) is 1. The first kappa shape index (κ1) is 25.4. The molecule has 8 nitrogen and oxygen atoms in total. The van der Waals surface area contributed by atoms with Gasteiger partial charge in [0.25, 0.3) is 0 Å². The second kappa shape index (κ2) is 11.8. The molecule has 1 aromatic carbocycles. The summed E-state index contributed by atoms with van der Waals surface area (Å²) in [4.78, 5) is 13.4. The molecular formula is C24H28BrFN6O2. The molecule has 0 fully saturated rings. The molecule has 0 bridgehead atoms. The minimum absolute atomic E-state index is 0.0621. The lowest BCUT2D eigenvalue weighted by molar-refractivity contribution is 0.259. The van der Waals surface area contributed by atoms with E-state index in [1.807, 2.05) is 11.7 Å². The largest absolute Gasteiger partial charge is 0.485 e. The lowest BCUT2D eigenvalue weighted by atomic mass is 9.99. The Balaban J connectivity index is 1.96. The third kappa shape index (κ3) is 6.21. The van der Waals surface area contributed by atoms with Gasteiger partial charge in [-0.3, -0.25) is 14.5 Å². The molecule has 3 aromatic rings. The molecule has 2 aromatic heterocycles. The summed E-state index contributed by atoms with van der Waals surface area (Å²) < 4.78 is 22.7. The predicted octanol–water partition coefficient (Wildman–Crippen LogP) is 4.44. The highest BCUT2D eigenvalue weighted by Gasteiger charge is 2.15. The zero-order valence-electron chi connectivity index (χ0n) is 19.6. The quantitative estimate of drug-likeness (QED) is 0.297. The minimum Gasteiger partial charge on any atom is -0.485 e. The Bertz CT molecular complexity index is 1210. The van der Waals surface area contributed by atoms with Crippen LogP contribution in [0.2, 0.25) is 0 Å². The number of anilines is 1. The molecule has 0 unspecified atom stereocenters. The summed E-state index contributed by atoms with van der Waals surface area (Å²) in [5.74, 6) is 0.447. The van der Waals surface area contributed by atoms with E-state index in [2.05, 4.69) is 49.5 Å². The zero-order chi connectivity index (χ0) is 24.7. The molecule has 10 heteroatoms. The smallest absolute Gasteiger partial charge is 0.192 e. The van der Waals surface area contributed by atoms with Gasteiger partial charge in [0.2, 0.25) is 0 Å². The average molecular weight is 531 g/mol. The second-order valence-electron chi connectivity index (χ2n) is 7.50. The van der Waals surface area contributed by atoms with E-state index in [-0.39, 0.29) is 12.4 Å². The van der Waals surface area contributed by atoms with Crippen molar-refractivity contribution < 1.29 is 14.0 Å². The van der Waals surface area contributed by atoms with Crippen LogP contribution in [0, 0.1) is 5.82 Å². The van der Waals surface area contributed by atoms with Gasteiger partial charge in [0.15, 0.2) is 11.6 Å². The number of nitrogens with one attached hydrogen (secondary N) is 1. The average Bonchev–Trinajstić information content (AvgIpc) is 3.18. The zero-order valence-corrected chi connectivity index (χ0v) is 21.2. The third-order valence-corrected chi connectivity index (χ3v) is 5.58. The topological polar surface area (TPSA) is 99.6 Å². The number of pyridine rings is 1. The number of benzene rings is 1. The lowest BCUT2D eigenvalue weighted by Crippen LogP contribution is -2.11. The van der Waals surface area contributed by atoms with Gasteiger partial charge < -0.3 is 10.5 Å². The SMILES string of the molecule is CCc1cc(CC(C=NC)=C(N)c2ccc(F)cc2COc2cc(Br)cnc2NOC)n(C)n1. The van der Waals surface area contributed by atoms with Crippen molar-refractivity contribution in [3.05, 3.63) is 74.9 Å². The van der Waals surface area contributed by atoms with Crippen LogP contribution in [0.15, 0.2) is 51.6 Å². The standard InChI is InChI=1S/C24H28BrFN6O2/c1-5-19-11-20(32(3)30-19)9-15(12-28-2)23(27)21-7-6-18(26)8-16(21)14-34-22-10-17(25)13-29-24(22)31-33-4/h6-8,10-13H,5,9,14,27H2,1-4H3,(H,29,31). The molecule has 34 heavy (non-hydrogen) atoms. The Morgan fingerprint density at radius 2 is 2.12 bits per heavy atom. The van der Waals surface area contributed by atoms with Crippen molar-refractivity contribution in [2.24, 2.45) is 17.8 Å².